The van der Waals surface area contributed by atoms with Crippen LogP contribution in [-0.2, 0) is 0 Å². The minimum absolute atomic E-state index is 0.0268. The van der Waals surface area contributed by atoms with Crippen LogP contribution in [0.15, 0.2) is 34.1 Å². The molecule has 0 atom stereocenters. The molecule has 0 aromatic heterocycles. The molecule has 2 aromatic rings. The van der Waals surface area contributed by atoms with Gasteiger partial charge < -0.3 is 5.32 Å². The molecule has 0 unspecified atom stereocenters. The fraction of sp³-hybridized carbons (Fsp3) is 0. The monoisotopic (exact) mass is 271 g/mol. The summed E-state index contributed by atoms with van der Waals surface area (Å²) in [5, 5.41) is 2.58. The van der Waals surface area contributed by atoms with Crippen LogP contribution in [0.25, 0.3) is 0 Å². The largest absolute Gasteiger partial charge is 0.351 e. The number of rotatable bonds is 0. The summed E-state index contributed by atoms with van der Waals surface area (Å²) < 4.78 is 53.2. The number of anilines is 2. The lowest BCUT2D eigenvalue weighted by Gasteiger charge is -2.21. The van der Waals surface area contributed by atoms with E-state index in [2.05, 4.69) is 5.32 Å². The Balaban J connectivity index is 2.18. The Labute approximate surface area is 104 Å². The van der Waals surface area contributed by atoms with Crippen molar-refractivity contribution in [1.82, 2.24) is 0 Å². The number of hydrogen-bond acceptors (Lipinski definition) is 2. The zero-order valence-electron chi connectivity index (χ0n) is 8.73. The first-order valence-electron chi connectivity index (χ1n) is 4.97. The van der Waals surface area contributed by atoms with Crippen molar-refractivity contribution >= 4 is 23.1 Å². The molecule has 1 nitrogen and oxygen atoms in total. The van der Waals surface area contributed by atoms with Crippen molar-refractivity contribution in [3.8, 4) is 0 Å². The standard InChI is InChI=1S/C12H5F4NS/c13-5-2-8(16)12-9(3-5)17-11-7(15)1-6(14)4-10(11)18-12/h1-4,17H. The van der Waals surface area contributed by atoms with Crippen LogP contribution in [0.5, 0.6) is 0 Å². The molecule has 2 aromatic carbocycles. The van der Waals surface area contributed by atoms with Crippen molar-refractivity contribution in [2.75, 3.05) is 5.32 Å². The van der Waals surface area contributed by atoms with Gasteiger partial charge in [0.2, 0.25) is 0 Å². The van der Waals surface area contributed by atoms with Crippen LogP contribution < -0.4 is 5.32 Å². The highest BCUT2D eigenvalue weighted by molar-refractivity contribution is 7.99. The topological polar surface area (TPSA) is 12.0 Å². The van der Waals surface area contributed by atoms with Gasteiger partial charge in [-0.1, -0.05) is 11.8 Å². The van der Waals surface area contributed by atoms with Crippen LogP contribution in [-0.4, -0.2) is 0 Å². The van der Waals surface area contributed by atoms with Gasteiger partial charge in [-0.25, -0.2) is 17.6 Å². The summed E-state index contributed by atoms with van der Waals surface area (Å²) in [6.45, 7) is 0. The predicted octanol–water partition coefficient (Wildman–Crippen LogP) is 4.45. The fourth-order valence-corrected chi connectivity index (χ4v) is 2.77. The van der Waals surface area contributed by atoms with E-state index >= 15 is 0 Å². The molecule has 0 bridgehead atoms. The van der Waals surface area contributed by atoms with Crippen molar-refractivity contribution in [3.63, 3.8) is 0 Å². The average Bonchev–Trinajstić information content (AvgIpc) is 2.27. The lowest BCUT2D eigenvalue weighted by atomic mass is 10.2. The predicted molar refractivity (Wildman–Crippen MR) is 60.1 cm³/mol. The third kappa shape index (κ3) is 1.73. The summed E-state index contributed by atoms with van der Waals surface area (Å²) >= 11 is 0.862. The highest BCUT2D eigenvalue weighted by Crippen LogP contribution is 2.46. The molecule has 0 saturated heterocycles. The number of halogens is 4. The van der Waals surface area contributed by atoms with Crippen LogP contribution in [0, 0.1) is 23.3 Å². The van der Waals surface area contributed by atoms with E-state index in [1.165, 1.54) is 0 Å². The van der Waals surface area contributed by atoms with Gasteiger partial charge in [-0.05, 0) is 12.1 Å². The van der Waals surface area contributed by atoms with Gasteiger partial charge in [0.15, 0.2) is 5.82 Å². The Bertz CT molecular complexity index is 600. The summed E-state index contributed by atoms with van der Waals surface area (Å²) in [7, 11) is 0. The van der Waals surface area contributed by atoms with Crippen LogP contribution in [0.1, 0.15) is 0 Å². The molecule has 0 saturated carbocycles. The van der Waals surface area contributed by atoms with Crippen molar-refractivity contribution in [2.24, 2.45) is 0 Å². The normalized spacial score (nSPS) is 12.7. The van der Waals surface area contributed by atoms with E-state index in [0.29, 0.717) is 6.07 Å². The molecule has 6 heteroatoms. The molecule has 1 aliphatic heterocycles. The maximum atomic E-state index is 13.5. The lowest BCUT2D eigenvalue weighted by molar-refractivity contribution is 0.564. The molecule has 0 radical (unpaired) electrons. The maximum Gasteiger partial charge on any atom is 0.150 e. The lowest BCUT2D eigenvalue weighted by Crippen LogP contribution is -2.05. The van der Waals surface area contributed by atoms with Gasteiger partial charge in [0.25, 0.3) is 0 Å². The van der Waals surface area contributed by atoms with E-state index in [0.717, 1.165) is 30.0 Å². The summed E-state index contributed by atoms with van der Waals surface area (Å²) in [6.07, 6.45) is 0. The molecule has 18 heavy (non-hydrogen) atoms. The van der Waals surface area contributed by atoms with Crippen LogP contribution >= 0.6 is 11.8 Å². The maximum absolute atomic E-state index is 13.5. The molecule has 1 heterocycles. The van der Waals surface area contributed by atoms with Gasteiger partial charge in [0.1, 0.15) is 17.5 Å². The average molecular weight is 271 g/mol. The molecule has 0 aliphatic carbocycles. The summed E-state index contributed by atoms with van der Waals surface area (Å²) in [5.74, 6) is -3.07. The Kier molecular flexibility index (Phi) is 2.48. The third-order valence-corrected chi connectivity index (χ3v) is 3.66. The zero-order valence-corrected chi connectivity index (χ0v) is 9.55. The Hall–Kier alpha value is -1.69. The molecule has 0 fully saturated rings. The van der Waals surface area contributed by atoms with Crippen molar-refractivity contribution in [2.45, 2.75) is 9.79 Å². The second-order valence-electron chi connectivity index (χ2n) is 3.75. The van der Waals surface area contributed by atoms with Gasteiger partial charge in [-0.3, -0.25) is 0 Å². The molecule has 3 rings (SSSR count). The van der Waals surface area contributed by atoms with Crippen molar-refractivity contribution in [1.29, 1.82) is 0 Å². The summed E-state index contributed by atoms with van der Waals surface area (Å²) in [6, 6.07) is 3.61. The first kappa shape index (κ1) is 11.4. The second-order valence-corrected chi connectivity index (χ2v) is 4.80. The summed E-state index contributed by atoms with van der Waals surface area (Å²) in [5.41, 5.74) is 0.161. The van der Waals surface area contributed by atoms with E-state index < -0.39 is 23.3 Å². The smallest absolute Gasteiger partial charge is 0.150 e. The Morgan fingerprint density at radius 2 is 1.50 bits per heavy atom. The molecular formula is C12H5F4NS. The van der Waals surface area contributed by atoms with Gasteiger partial charge in [-0.2, -0.15) is 0 Å². The van der Waals surface area contributed by atoms with E-state index in [1.54, 1.807) is 0 Å². The van der Waals surface area contributed by atoms with E-state index in [-0.39, 0.29) is 21.2 Å². The minimum Gasteiger partial charge on any atom is -0.351 e. The number of hydrogen-bond donors (Lipinski definition) is 1. The molecular weight excluding hydrogens is 266 g/mol. The van der Waals surface area contributed by atoms with Crippen molar-refractivity contribution in [3.05, 3.63) is 47.5 Å². The van der Waals surface area contributed by atoms with E-state index in [9.17, 15) is 17.6 Å². The van der Waals surface area contributed by atoms with Gasteiger partial charge >= 0.3 is 0 Å². The second kappa shape index (κ2) is 3.91. The molecule has 0 spiro atoms. The molecule has 0 amide bonds. The SMILES string of the molecule is Fc1cc(F)c2c(c1)Nc1c(F)cc(F)cc1S2. The highest BCUT2D eigenvalue weighted by Gasteiger charge is 2.23. The Morgan fingerprint density at radius 1 is 0.833 bits per heavy atom. The first-order valence-corrected chi connectivity index (χ1v) is 5.79. The fourth-order valence-electron chi connectivity index (χ4n) is 1.75. The van der Waals surface area contributed by atoms with Gasteiger partial charge in [-0.15, -0.1) is 0 Å². The highest BCUT2D eigenvalue weighted by atomic mass is 32.2. The summed E-state index contributed by atoms with van der Waals surface area (Å²) in [4.78, 5) is 0.347. The van der Waals surface area contributed by atoms with Crippen LogP contribution in [0.2, 0.25) is 0 Å². The molecule has 92 valence electrons. The van der Waals surface area contributed by atoms with Crippen LogP contribution in [0.3, 0.4) is 0 Å². The number of benzene rings is 2. The Morgan fingerprint density at radius 3 is 2.28 bits per heavy atom. The third-order valence-electron chi connectivity index (χ3n) is 2.50. The quantitative estimate of drug-likeness (QED) is 0.606. The molecule has 1 aliphatic rings. The first-order chi connectivity index (χ1) is 8.54. The van der Waals surface area contributed by atoms with Crippen LogP contribution in [0.4, 0.5) is 28.9 Å². The van der Waals surface area contributed by atoms with Gasteiger partial charge in [0, 0.05) is 17.0 Å². The molecule has 1 N–H and O–H groups in total. The number of nitrogens with one attached hydrogen (secondary N) is 1. The van der Waals surface area contributed by atoms with Crippen molar-refractivity contribution < 1.29 is 17.6 Å². The van der Waals surface area contributed by atoms with E-state index in [1.807, 2.05) is 0 Å². The van der Waals surface area contributed by atoms with Gasteiger partial charge in [0.05, 0.1) is 16.3 Å². The van der Waals surface area contributed by atoms with E-state index in [4.69, 9.17) is 0 Å². The minimum atomic E-state index is -0.798. The zero-order chi connectivity index (χ0) is 12.9. The number of fused-ring (bicyclic) bond motifs is 2.